The Kier molecular flexibility index (Phi) is 3.87. The van der Waals surface area contributed by atoms with Crippen molar-refractivity contribution in [2.24, 2.45) is 5.92 Å². The Morgan fingerprint density at radius 3 is 2.90 bits per heavy atom. The maximum Gasteiger partial charge on any atom is 0.230 e. The zero-order chi connectivity index (χ0) is 13.9. The number of hydrogen-bond acceptors (Lipinski definition) is 3. The molecule has 3 rings (SSSR count). The molecule has 1 fully saturated rings. The van der Waals surface area contributed by atoms with Gasteiger partial charge in [-0.15, -0.1) is 5.10 Å². The molecule has 0 spiro atoms. The van der Waals surface area contributed by atoms with Gasteiger partial charge in [0.2, 0.25) is 10.7 Å². The second-order valence-corrected chi connectivity index (χ2v) is 5.75. The summed E-state index contributed by atoms with van der Waals surface area (Å²) in [6.07, 6.45) is 3.78. The second-order valence-electron chi connectivity index (χ2n) is 5.36. The molecule has 1 N–H and O–H groups in total. The van der Waals surface area contributed by atoms with Crippen molar-refractivity contribution in [2.45, 2.75) is 26.2 Å². The standard InChI is InChI=1S/C15H20N4S/c1-2-12-7-6-10-18(11-12)14-16-17-15(20)19(14)13-8-4-3-5-9-13/h3-5,8-9,12H,2,6-7,10-11H2,1H3,(H,17,20). The monoisotopic (exact) mass is 288 g/mol. The van der Waals surface area contributed by atoms with Crippen molar-refractivity contribution in [2.75, 3.05) is 18.0 Å². The van der Waals surface area contributed by atoms with Crippen molar-refractivity contribution >= 4 is 18.2 Å². The van der Waals surface area contributed by atoms with E-state index >= 15 is 0 Å². The highest BCUT2D eigenvalue weighted by atomic mass is 32.1. The van der Waals surface area contributed by atoms with Crippen LogP contribution in [0.3, 0.4) is 0 Å². The van der Waals surface area contributed by atoms with Crippen molar-refractivity contribution in [3.8, 4) is 5.69 Å². The minimum absolute atomic E-state index is 0.657. The number of nitrogens with zero attached hydrogens (tertiary/aromatic N) is 3. The van der Waals surface area contributed by atoms with E-state index in [0.717, 1.165) is 30.6 Å². The second kappa shape index (κ2) is 5.79. The minimum Gasteiger partial charge on any atom is -0.340 e. The van der Waals surface area contributed by atoms with Gasteiger partial charge in [-0.1, -0.05) is 31.5 Å². The van der Waals surface area contributed by atoms with E-state index in [1.165, 1.54) is 19.3 Å². The summed E-state index contributed by atoms with van der Waals surface area (Å²) in [7, 11) is 0. The van der Waals surface area contributed by atoms with Gasteiger partial charge in [-0.2, -0.15) is 0 Å². The molecule has 20 heavy (non-hydrogen) atoms. The van der Waals surface area contributed by atoms with E-state index in [9.17, 15) is 0 Å². The average Bonchev–Trinajstić information content (AvgIpc) is 2.90. The van der Waals surface area contributed by atoms with Crippen LogP contribution < -0.4 is 4.90 Å². The highest BCUT2D eigenvalue weighted by molar-refractivity contribution is 7.71. The third-order valence-corrected chi connectivity index (χ3v) is 4.32. The van der Waals surface area contributed by atoms with Crippen LogP contribution >= 0.6 is 12.2 Å². The van der Waals surface area contributed by atoms with Crippen molar-refractivity contribution in [1.29, 1.82) is 0 Å². The van der Waals surface area contributed by atoms with Crippen molar-refractivity contribution in [1.82, 2.24) is 14.8 Å². The largest absolute Gasteiger partial charge is 0.340 e. The number of aromatic amines is 1. The molecular formula is C15H20N4S. The van der Waals surface area contributed by atoms with Crippen LogP contribution in [0.1, 0.15) is 26.2 Å². The Bertz CT molecular complexity index is 616. The van der Waals surface area contributed by atoms with E-state index in [1.54, 1.807) is 0 Å². The third kappa shape index (κ3) is 2.50. The van der Waals surface area contributed by atoms with E-state index < -0.39 is 0 Å². The van der Waals surface area contributed by atoms with Crippen molar-refractivity contribution < 1.29 is 0 Å². The third-order valence-electron chi connectivity index (χ3n) is 4.05. The van der Waals surface area contributed by atoms with Crippen LogP contribution in [0.25, 0.3) is 5.69 Å². The predicted molar refractivity (Wildman–Crippen MR) is 84.0 cm³/mol. The first-order valence-electron chi connectivity index (χ1n) is 7.27. The zero-order valence-corrected chi connectivity index (χ0v) is 12.6. The molecule has 1 unspecified atom stereocenters. The molecule has 1 aromatic heterocycles. The van der Waals surface area contributed by atoms with Gasteiger partial charge in [-0.05, 0) is 43.1 Å². The highest BCUT2D eigenvalue weighted by Gasteiger charge is 2.23. The molecule has 1 atom stereocenters. The van der Waals surface area contributed by atoms with Crippen LogP contribution in [-0.4, -0.2) is 27.9 Å². The van der Waals surface area contributed by atoms with Gasteiger partial charge in [0.1, 0.15) is 0 Å². The summed E-state index contributed by atoms with van der Waals surface area (Å²) < 4.78 is 2.69. The van der Waals surface area contributed by atoms with Crippen molar-refractivity contribution in [3.63, 3.8) is 0 Å². The van der Waals surface area contributed by atoms with Gasteiger partial charge in [0, 0.05) is 13.1 Å². The van der Waals surface area contributed by atoms with E-state index in [-0.39, 0.29) is 0 Å². The summed E-state index contributed by atoms with van der Waals surface area (Å²) in [6.45, 7) is 4.40. The van der Waals surface area contributed by atoms with Crippen LogP contribution in [0.2, 0.25) is 0 Å². The fourth-order valence-electron chi connectivity index (χ4n) is 2.89. The Hall–Kier alpha value is -1.62. The summed E-state index contributed by atoms with van der Waals surface area (Å²) in [4.78, 5) is 2.36. The first-order chi connectivity index (χ1) is 9.79. The lowest BCUT2D eigenvalue weighted by Gasteiger charge is -2.32. The molecule has 2 aromatic rings. The molecule has 1 aromatic carbocycles. The van der Waals surface area contributed by atoms with Crippen LogP contribution in [0.15, 0.2) is 30.3 Å². The van der Waals surface area contributed by atoms with E-state index in [1.807, 2.05) is 22.8 Å². The molecular weight excluding hydrogens is 268 g/mol. The van der Waals surface area contributed by atoms with Crippen molar-refractivity contribution in [3.05, 3.63) is 35.1 Å². The fraction of sp³-hybridized carbons (Fsp3) is 0.467. The number of aromatic nitrogens is 3. The number of hydrogen-bond donors (Lipinski definition) is 1. The molecule has 0 radical (unpaired) electrons. The first kappa shape index (κ1) is 13.4. The number of nitrogens with one attached hydrogen (secondary N) is 1. The smallest absolute Gasteiger partial charge is 0.230 e. The van der Waals surface area contributed by atoms with Gasteiger partial charge in [0.15, 0.2) is 0 Å². The molecule has 4 nitrogen and oxygen atoms in total. The van der Waals surface area contributed by atoms with Gasteiger partial charge in [0.25, 0.3) is 0 Å². The van der Waals surface area contributed by atoms with Crippen LogP contribution in [0.5, 0.6) is 0 Å². The molecule has 0 amide bonds. The van der Waals surface area contributed by atoms with Gasteiger partial charge in [-0.3, -0.25) is 4.57 Å². The first-order valence-corrected chi connectivity index (χ1v) is 7.68. The summed E-state index contributed by atoms with van der Waals surface area (Å²) in [6, 6.07) is 10.2. The molecule has 1 aliphatic rings. The molecule has 1 saturated heterocycles. The van der Waals surface area contributed by atoms with Gasteiger partial charge in [-0.25, -0.2) is 5.10 Å². The maximum atomic E-state index is 5.40. The number of H-pyrrole nitrogens is 1. The van der Waals surface area contributed by atoms with Crippen LogP contribution in [0, 0.1) is 10.7 Å². The summed E-state index contributed by atoms with van der Waals surface area (Å²) in [5.74, 6) is 1.71. The van der Waals surface area contributed by atoms with Gasteiger partial charge in [0.05, 0.1) is 5.69 Å². The Morgan fingerprint density at radius 2 is 2.15 bits per heavy atom. The fourth-order valence-corrected chi connectivity index (χ4v) is 3.12. The Labute approximate surface area is 124 Å². The molecule has 0 aliphatic carbocycles. The van der Waals surface area contributed by atoms with E-state index in [0.29, 0.717) is 4.77 Å². The highest BCUT2D eigenvalue weighted by Crippen LogP contribution is 2.25. The molecule has 2 heterocycles. The topological polar surface area (TPSA) is 36.9 Å². The number of anilines is 1. The minimum atomic E-state index is 0.657. The Balaban J connectivity index is 1.97. The number of rotatable bonds is 3. The lowest BCUT2D eigenvalue weighted by Crippen LogP contribution is -2.36. The quantitative estimate of drug-likeness (QED) is 0.877. The zero-order valence-electron chi connectivity index (χ0n) is 11.7. The summed E-state index contributed by atoms with van der Waals surface area (Å²) in [5, 5.41) is 7.40. The molecule has 0 bridgehead atoms. The summed E-state index contributed by atoms with van der Waals surface area (Å²) >= 11 is 5.40. The maximum absolute atomic E-state index is 5.40. The predicted octanol–water partition coefficient (Wildman–Crippen LogP) is 3.56. The number of para-hydroxylation sites is 1. The van der Waals surface area contributed by atoms with Gasteiger partial charge < -0.3 is 4.90 Å². The summed E-state index contributed by atoms with van der Waals surface area (Å²) in [5.41, 5.74) is 1.07. The number of piperidine rings is 1. The molecule has 1 aliphatic heterocycles. The average molecular weight is 288 g/mol. The SMILES string of the molecule is CCC1CCCN(c2n[nH]c(=S)n2-c2ccccc2)C1. The van der Waals surface area contributed by atoms with Crippen LogP contribution in [0.4, 0.5) is 5.95 Å². The lowest BCUT2D eigenvalue weighted by atomic mass is 9.96. The van der Waals surface area contributed by atoms with Gasteiger partial charge >= 0.3 is 0 Å². The lowest BCUT2D eigenvalue weighted by molar-refractivity contribution is 0.400. The molecule has 106 valence electrons. The number of benzene rings is 1. The van der Waals surface area contributed by atoms with Crippen LogP contribution in [-0.2, 0) is 0 Å². The molecule has 0 saturated carbocycles. The molecule has 5 heteroatoms. The normalized spacial score (nSPS) is 19.2. The van der Waals surface area contributed by atoms with E-state index in [2.05, 4.69) is 34.2 Å². The van der Waals surface area contributed by atoms with E-state index in [4.69, 9.17) is 12.2 Å². The Morgan fingerprint density at radius 1 is 1.35 bits per heavy atom.